The fourth-order valence-electron chi connectivity index (χ4n) is 3.63. The van der Waals surface area contributed by atoms with Gasteiger partial charge in [0, 0.05) is 6.54 Å². The van der Waals surface area contributed by atoms with Gasteiger partial charge in [-0.3, -0.25) is 9.59 Å². The lowest BCUT2D eigenvalue weighted by atomic mass is 9.77. The van der Waals surface area contributed by atoms with Crippen LogP contribution in [0.2, 0.25) is 0 Å². The molecular weight excluding hydrogens is 252 g/mol. The van der Waals surface area contributed by atoms with Gasteiger partial charge < -0.3 is 10.2 Å². The third-order valence-electron chi connectivity index (χ3n) is 4.80. The second-order valence-corrected chi connectivity index (χ2v) is 6.25. The maximum absolute atomic E-state index is 12.8. The predicted octanol–water partition coefficient (Wildman–Crippen LogP) is 2.62. The normalized spacial score (nSPS) is 25.9. The second kappa shape index (κ2) is 6.59. The molecule has 0 aromatic carbocycles. The molecule has 1 unspecified atom stereocenters. The SMILES string of the molecule is CCCCN1C(=O)C(CCC)NC(=O)C12CCCCC2. The Kier molecular flexibility index (Phi) is 5.06. The van der Waals surface area contributed by atoms with Gasteiger partial charge in [-0.15, -0.1) is 0 Å². The summed E-state index contributed by atoms with van der Waals surface area (Å²) >= 11 is 0. The van der Waals surface area contributed by atoms with E-state index in [4.69, 9.17) is 0 Å². The summed E-state index contributed by atoms with van der Waals surface area (Å²) in [6.07, 6.45) is 8.70. The van der Waals surface area contributed by atoms with Gasteiger partial charge in [0.15, 0.2) is 0 Å². The number of carbonyl (C=O) groups excluding carboxylic acids is 2. The van der Waals surface area contributed by atoms with E-state index >= 15 is 0 Å². The van der Waals surface area contributed by atoms with Crippen LogP contribution in [0.1, 0.15) is 71.6 Å². The average Bonchev–Trinajstić information content (AvgIpc) is 2.46. The van der Waals surface area contributed by atoms with E-state index in [-0.39, 0.29) is 17.9 Å². The largest absolute Gasteiger partial charge is 0.342 e. The number of unbranched alkanes of at least 4 members (excludes halogenated alkanes) is 1. The Morgan fingerprint density at radius 2 is 1.85 bits per heavy atom. The fraction of sp³-hybridized carbons (Fsp3) is 0.875. The molecule has 1 spiro atoms. The molecule has 0 bridgehead atoms. The first-order valence-electron chi connectivity index (χ1n) is 8.28. The summed E-state index contributed by atoms with van der Waals surface area (Å²) in [6, 6.07) is -0.295. The van der Waals surface area contributed by atoms with Crippen LogP contribution < -0.4 is 5.32 Å². The van der Waals surface area contributed by atoms with Gasteiger partial charge in [0.2, 0.25) is 11.8 Å². The lowest BCUT2D eigenvalue weighted by Crippen LogP contribution is -2.71. The van der Waals surface area contributed by atoms with E-state index in [0.717, 1.165) is 57.9 Å². The first-order valence-corrected chi connectivity index (χ1v) is 8.28. The van der Waals surface area contributed by atoms with Crippen molar-refractivity contribution in [3.63, 3.8) is 0 Å². The summed E-state index contributed by atoms with van der Waals surface area (Å²) in [4.78, 5) is 27.4. The Labute approximate surface area is 122 Å². The van der Waals surface area contributed by atoms with Crippen LogP contribution in [0.25, 0.3) is 0 Å². The Bertz CT molecular complexity index is 361. The Morgan fingerprint density at radius 3 is 2.45 bits per heavy atom. The fourth-order valence-corrected chi connectivity index (χ4v) is 3.63. The maximum atomic E-state index is 12.8. The first-order chi connectivity index (χ1) is 9.65. The molecule has 0 aromatic heterocycles. The molecule has 1 atom stereocenters. The molecule has 1 saturated carbocycles. The summed E-state index contributed by atoms with van der Waals surface area (Å²) in [5.41, 5.74) is -0.533. The van der Waals surface area contributed by atoms with E-state index in [1.807, 2.05) is 4.90 Å². The quantitative estimate of drug-likeness (QED) is 0.841. The highest BCUT2D eigenvalue weighted by molar-refractivity contribution is 5.99. The number of nitrogens with one attached hydrogen (secondary N) is 1. The lowest BCUT2D eigenvalue weighted by molar-refractivity contribution is -0.160. The summed E-state index contributed by atoms with van der Waals surface area (Å²) < 4.78 is 0. The average molecular weight is 280 g/mol. The Balaban J connectivity index is 2.23. The van der Waals surface area contributed by atoms with Gasteiger partial charge in [-0.2, -0.15) is 0 Å². The van der Waals surface area contributed by atoms with Crippen molar-refractivity contribution in [3.8, 4) is 0 Å². The number of carbonyl (C=O) groups is 2. The number of nitrogens with zero attached hydrogens (tertiary/aromatic N) is 1. The molecule has 1 aliphatic heterocycles. The first kappa shape index (κ1) is 15.3. The topological polar surface area (TPSA) is 49.4 Å². The van der Waals surface area contributed by atoms with E-state index in [0.29, 0.717) is 0 Å². The van der Waals surface area contributed by atoms with Gasteiger partial charge in [-0.1, -0.05) is 46.0 Å². The van der Waals surface area contributed by atoms with E-state index < -0.39 is 5.54 Å². The van der Waals surface area contributed by atoms with Crippen LogP contribution >= 0.6 is 0 Å². The van der Waals surface area contributed by atoms with Crippen LogP contribution in [-0.4, -0.2) is 34.8 Å². The number of amides is 2. The molecular formula is C16H28N2O2. The zero-order chi connectivity index (χ0) is 14.6. The van der Waals surface area contributed by atoms with E-state index in [1.165, 1.54) is 6.42 Å². The summed E-state index contributed by atoms with van der Waals surface area (Å²) in [6.45, 7) is 4.93. The second-order valence-electron chi connectivity index (χ2n) is 6.25. The van der Waals surface area contributed by atoms with Crippen molar-refractivity contribution in [1.82, 2.24) is 10.2 Å². The highest BCUT2D eigenvalue weighted by atomic mass is 16.2. The highest BCUT2D eigenvalue weighted by Gasteiger charge is 2.51. The molecule has 2 fully saturated rings. The minimum atomic E-state index is -0.533. The van der Waals surface area contributed by atoms with Crippen LogP contribution in [-0.2, 0) is 9.59 Å². The van der Waals surface area contributed by atoms with Crippen molar-refractivity contribution < 1.29 is 9.59 Å². The van der Waals surface area contributed by atoms with Gasteiger partial charge in [0.05, 0.1) is 0 Å². The maximum Gasteiger partial charge on any atom is 0.246 e. The van der Waals surface area contributed by atoms with E-state index in [2.05, 4.69) is 19.2 Å². The van der Waals surface area contributed by atoms with Crippen molar-refractivity contribution in [2.75, 3.05) is 6.54 Å². The number of rotatable bonds is 5. The van der Waals surface area contributed by atoms with E-state index in [1.54, 1.807) is 0 Å². The molecule has 20 heavy (non-hydrogen) atoms. The Hall–Kier alpha value is -1.06. The molecule has 1 aliphatic carbocycles. The molecule has 2 amide bonds. The van der Waals surface area contributed by atoms with Crippen LogP contribution in [0.4, 0.5) is 0 Å². The molecule has 2 rings (SSSR count). The van der Waals surface area contributed by atoms with Crippen molar-refractivity contribution >= 4 is 11.8 Å². The summed E-state index contributed by atoms with van der Waals surface area (Å²) in [7, 11) is 0. The van der Waals surface area contributed by atoms with Crippen molar-refractivity contribution in [2.45, 2.75) is 83.2 Å². The lowest BCUT2D eigenvalue weighted by Gasteiger charge is -2.50. The number of hydrogen-bond acceptors (Lipinski definition) is 2. The van der Waals surface area contributed by atoms with Gasteiger partial charge in [-0.05, 0) is 25.7 Å². The van der Waals surface area contributed by atoms with Crippen molar-refractivity contribution in [2.24, 2.45) is 0 Å². The molecule has 0 aromatic rings. The zero-order valence-corrected chi connectivity index (χ0v) is 12.9. The molecule has 1 heterocycles. The van der Waals surface area contributed by atoms with Gasteiger partial charge in [0.25, 0.3) is 0 Å². The smallest absolute Gasteiger partial charge is 0.246 e. The third-order valence-corrected chi connectivity index (χ3v) is 4.80. The number of hydrogen-bond donors (Lipinski definition) is 1. The summed E-state index contributed by atoms with van der Waals surface area (Å²) in [5.74, 6) is 0.258. The minimum Gasteiger partial charge on any atom is -0.342 e. The van der Waals surface area contributed by atoms with Crippen LogP contribution in [0, 0.1) is 0 Å². The number of piperazine rings is 1. The highest BCUT2D eigenvalue weighted by Crippen LogP contribution is 2.37. The van der Waals surface area contributed by atoms with Crippen molar-refractivity contribution in [1.29, 1.82) is 0 Å². The van der Waals surface area contributed by atoms with Gasteiger partial charge in [-0.25, -0.2) is 0 Å². The molecule has 4 heteroatoms. The van der Waals surface area contributed by atoms with Crippen LogP contribution in [0.5, 0.6) is 0 Å². The zero-order valence-electron chi connectivity index (χ0n) is 12.9. The third kappa shape index (κ3) is 2.70. The van der Waals surface area contributed by atoms with Gasteiger partial charge in [0.1, 0.15) is 11.6 Å². The standard InChI is InChI=1S/C16H28N2O2/c1-3-5-12-18-14(19)13(9-4-2)17-15(20)16(18)10-7-6-8-11-16/h13H,3-12H2,1-2H3,(H,17,20). The molecule has 2 aliphatic rings. The minimum absolute atomic E-state index is 0.103. The van der Waals surface area contributed by atoms with E-state index in [9.17, 15) is 9.59 Å². The molecule has 114 valence electrons. The molecule has 1 saturated heterocycles. The van der Waals surface area contributed by atoms with Crippen molar-refractivity contribution in [3.05, 3.63) is 0 Å². The molecule has 4 nitrogen and oxygen atoms in total. The van der Waals surface area contributed by atoms with Crippen LogP contribution in [0.15, 0.2) is 0 Å². The summed E-state index contributed by atoms with van der Waals surface area (Å²) in [5, 5.41) is 3.00. The molecule has 0 radical (unpaired) electrons. The van der Waals surface area contributed by atoms with Crippen LogP contribution in [0.3, 0.4) is 0 Å². The predicted molar refractivity (Wildman–Crippen MR) is 79.3 cm³/mol. The monoisotopic (exact) mass is 280 g/mol. The Morgan fingerprint density at radius 1 is 1.15 bits per heavy atom. The molecule has 1 N–H and O–H groups in total. The van der Waals surface area contributed by atoms with Gasteiger partial charge >= 0.3 is 0 Å².